The summed E-state index contributed by atoms with van der Waals surface area (Å²) in [6, 6.07) is 13.3. The third kappa shape index (κ3) is 3.79. The lowest BCUT2D eigenvalue weighted by Crippen LogP contribution is -2.25. The number of fused-ring (bicyclic) bond motifs is 1. The van der Waals surface area contributed by atoms with Crippen LogP contribution in [0.2, 0.25) is 5.02 Å². The second-order valence-corrected chi connectivity index (χ2v) is 7.83. The lowest BCUT2D eigenvalue weighted by atomic mass is 10.1. The van der Waals surface area contributed by atoms with Crippen molar-refractivity contribution in [3.8, 4) is 22.7 Å². The Morgan fingerprint density at radius 2 is 1.84 bits per heavy atom. The molecule has 0 radical (unpaired) electrons. The van der Waals surface area contributed by atoms with Crippen molar-refractivity contribution in [1.82, 2.24) is 19.9 Å². The fourth-order valence-corrected chi connectivity index (χ4v) is 3.98. The molecule has 0 aliphatic carbocycles. The van der Waals surface area contributed by atoms with E-state index in [9.17, 15) is 8.78 Å². The van der Waals surface area contributed by atoms with Gasteiger partial charge in [0.2, 0.25) is 5.95 Å². The SMILES string of the molecule is Fc1cccc(-c2nnc3n2CCCCN3Cc2cc(-c3cccc(Cl)c3)on2)c1F. The van der Waals surface area contributed by atoms with Gasteiger partial charge in [0.05, 0.1) is 12.1 Å². The molecule has 3 heterocycles. The quantitative estimate of drug-likeness (QED) is 0.428. The summed E-state index contributed by atoms with van der Waals surface area (Å²) in [7, 11) is 0. The van der Waals surface area contributed by atoms with Crippen LogP contribution in [0.4, 0.5) is 14.7 Å². The van der Waals surface area contributed by atoms with E-state index in [2.05, 4.69) is 15.4 Å². The maximum absolute atomic E-state index is 14.4. The number of hydrogen-bond donors (Lipinski definition) is 0. The van der Waals surface area contributed by atoms with Gasteiger partial charge < -0.3 is 9.42 Å². The Morgan fingerprint density at radius 1 is 1.00 bits per heavy atom. The molecule has 2 aromatic carbocycles. The van der Waals surface area contributed by atoms with Gasteiger partial charge in [0.25, 0.3) is 0 Å². The topological polar surface area (TPSA) is 60.0 Å². The van der Waals surface area contributed by atoms with Crippen LogP contribution in [-0.4, -0.2) is 26.5 Å². The first kappa shape index (κ1) is 19.7. The largest absolute Gasteiger partial charge is 0.356 e. The smallest absolute Gasteiger partial charge is 0.227 e. The zero-order valence-electron chi connectivity index (χ0n) is 16.4. The van der Waals surface area contributed by atoms with Crippen LogP contribution in [0.3, 0.4) is 0 Å². The standard InChI is InChI=1S/C22H18ClF2N5O/c23-15-6-3-5-14(11-15)19-12-16(28-31-19)13-29-9-1-2-10-30-21(26-27-22(29)30)17-7-4-8-18(24)20(17)25/h3-8,11-12H,1-2,9-10,13H2. The highest BCUT2D eigenvalue weighted by atomic mass is 35.5. The summed E-state index contributed by atoms with van der Waals surface area (Å²) in [4.78, 5) is 2.03. The average molecular weight is 442 g/mol. The van der Waals surface area contributed by atoms with Crippen LogP contribution < -0.4 is 4.90 Å². The third-order valence-electron chi connectivity index (χ3n) is 5.29. The molecule has 5 rings (SSSR count). The van der Waals surface area contributed by atoms with Crippen LogP contribution in [0.15, 0.2) is 53.1 Å². The van der Waals surface area contributed by atoms with Crippen LogP contribution in [0.5, 0.6) is 0 Å². The van der Waals surface area contributed by atoms with E-state index < -0.39 is 11.6 Å². The molecule has 31 heavy (non-hydrogen) atoms. The molecule has 158 valence electrons. The van der Waals surface area contributed by atoms with Gasteiger partial charge in [-0.15, -0.1) is 10.2 Å². The number of hydrogen-bond acceptors (Lipinski definition) is 5. The van der Waals surface area contributed by atoms with Crippen LogP contribution in [0, 0.1) is 11.6 Å². The van der Waals surface area contributed by atoms with E-state index in [0.717, 1.165) is 36.7 Å². The van der Waals surface area contributed by atoms with E-state index >= 15 is 0 Å². The van der Waals surface area contributed by atoms with E-state index in [1.165, 1.54) is 12.1 Å². The van der Waals surface area contributed by atoms with Crippen molar-refractivity contribution in [1.29, 1.82) is 0 Å². The van der Waals surface area contributed by atoms with E-state index in [-0.39, 0.29) is 5.56 Å². The molecule has 0 bridgehead atoms. The van der Waals surface area contributed by atoms with Gasteiger partial charge in [-0.05, 0) is 37.1 Å². The molecule has 9 heteroatoms. The normalized spacial score (nSPS) is 13.8. The van der Waals surface area contributed by atoms with Crippen molar-refractivity contribution in [2.75, 3.05) is 11.4 Å². The molecule has 1 aliphatic heterocycles. The molecule has 0 atom stereocenters. The van der Waals surface area contributed by atoms with E-state index in [4.69, 9.17) is 16.1 Å². The zero-order valence-corrected chi connectivity index (χ0v) is 17.2. The van der Waals surface area contributed by atoms with E-state index in [1.54, 1.807) is 6.07 Å². The Balaban J connectivity index is 1.45. The number of benzene rings is 2. The molecular formula is C22H18ClF2N5O. The molecule has 0 saturated carbocycles. The molecule has 0 N–H and O–H groups in total. The monoisotopic (exact) mass is 441 g/mol. The van der Waals surface area contributed by atoms with Crippen molar-refractivity contribution >= 4 is 17.5 Å². The minimum atomic E-state index is -0.920. The number of halogens is 3. The number of rotatable bonds is 4. The predicted molar refractivity (Wildman–Crippen MR) is 113 cm³/mol. The molecule has 1 aliphatic rings. The molecule has 4 aromatic rings. The van der Waals surface area contributed by atoms with Gasteiger partial charge in [-0.2, -0.15) is 0 Å². The van der Waals surface area contributed by atoms with Crippen LogP contribution >= 0.6 is 11.6 Å². The van der Waals surface area contributed by atoms with Gasteiger partial charge in [0.1, 0.15) is 5.69 Å². The maximum Gasteiger partial charge on any atom is 0.227 e. The fraction of sp³-hybridized carbons (Fsp3) is 0.227. The van der Waals surface area contributed by atoms with Gasteiger partial charge in [-0.3, -0.25) is 4.57 Å². The third-order valence-corrected chi connectivity index (χ3v) is 5.52. The van der Waals surface area contributed by atoms with Gasteiger partial charge in [-0.1, -0.05) is 35.0 Å². The maximum atomic E-state index is 14.4. The molecule has 0 fully saturated rings. The Bertz CT molecular complexity index is 1240. The lowest BCUT2D eigenvalue weighted by molar-refractivity contribution is 0.422. The minimum absolute atomic E-state index is 0.102. The van der Waals surface area contributed by atoms with Gasteiger partial charge >= 0.3 is 0 Å². The fourth-order valence-electron chi connectivity index (χ4n) is 3.79. The Labute approximate surface area is 182 Å². The zero-order chi connectivity index (χ0) is 21.4. The molecule has 0 spiro atoms. The predicted octanol–water partition coefficient (Wildman–Crippen LogP) is 5.33. The highest BCUT2D eigenvalue weighted by Gasteiger charge is 2.25. The number of aromatic nitrogens is 4. The summed E-state index contributed by atoms with van der Waals surface area (Å²) >= 11 is 6.07. The summed E-state index contributed by atoms with van der Waals surface area (Å²) in [5.41, 5.74) is 1.67. The Morgan fingerprint density at radius 3 is 2.71 bits per heavy atom. The molecule has 0 unspecified atom stereocenters. The number of nitrogens with zero attached hydrogens (tertiary/aromatic N) is 5. The van der Waals surface area contributed by atoms with Crippen LogP contribution in [-0.2, 0) is 13.1 Å². The van der Waals surface area contributed by atoms with Crippen molar-refractivity contribution in [3.63, 3.8) is 0 Å². The summed E-state index contributed by atoms with van der Waals surface area (Å²) in [5.74, 6) is -0.286. The average Bonchev–Trinajstić information content (AvgIpc) is 3.35. The van der Waals surface area contributed by atoms with Gasteiger partial charge in [-0.25, -0.2) is 8.78 Å². The van der Waals surface area contributed by atoms with Gasteiger partial charge in [0, 0.05) is 29.7 Å². The number of anilines is 1. The Hall–Kier alpha value is -3.26. The van der Waals surface area contributed by atoms with Crippen molar-refractivity contribution in [3.05, 3.63) is 70.9 Å². The lowest BCUT2D eigenvalue weighted by Gasteiger charge is -2.20. The molecule has 2 aromatic heterocycles. The van der Waals surface area contributed by atoms with Crippen molar-refractivity contribution in [2.24, 2.45) is 0 Å². The molecular weight excluding hydrogens is 424 g/mol. The van der Waals surface area contributed by atoms with Gasteiger partial charge in [0.15, 0.2) is 23.2 Å². The summed E-state index contributed by atoms with van der Waals surface area (Å²) in [6.45, 7) is 1.81. The first-order chi connectivity index (χ1) is 15.1. The minimum Gasteiger partial charge on any atom is -0.356 e. The van der Waals surface area contributed by atoms with E-state index in [0.29, 0.717) is 35.6 Å². The summed E-state index contributed by atoms with van der Waals surface area (Å²) in [5, 5.41) is 13.3. The molecule has 0 saturated heterocycles. The molecule has 0 amide bonds. The van der Waals surface area contributed by atoms with Crippen LogP contribution in [0.1, 0.15) is 18.5 Å². The van der Waals surface area contributed by atoms with Crippen molar-refractivity contribution in [2.45, 2.75) is 25.9 Å². The second-order valence-electron chi connectivity index (χ2n) is 7.40. The Kier molecular flexibility index (Phi) is 5.15. The highest BCUT2D eigenvalue weighted by molar-refractivity contribution is 6.30. The second kappa shape index (κ2) is 8.11. The first-order valence-electron chi connectivity index (χ1n) is 9.94. The van der Waals surface area contributed by atoms with Crippen molar-refractivity contribution < 1.29 is 13.3 Å². The summed E-state index contributed by atoms with van der Waals surface area (Å²) < 4.78 is 35.5. The highest BCUT2D eigenvalue weighted by Crippen LogP contribution is 2.30. The van der Waals surface area contributed by atoms with Crippen LogP contribution in [0.25, 0.3) is 22.7 Å². The summed E-state index contributed by atoms with van der Waals surface area (Å²) in [6.07, 6.45) is 1.80. The molecule has 6 nitrogen and oxygen atoms in total. The van der Waals surface area contributed by atoms with E-state index in [1.807, 2.05) is 33.7 Å². The first-order valence-corrected chi connectivity index (χ1v) is 10.3.